The van der Waals surface area contributed by atoms with Gasteiger partial charge in [0.25, 0.3) is 5.92 Å². The molecular weight excluding hydrogens is 404 g/mol. The normalized spacial score (nSPS) is 26.5. The Bertz CT molecular complexity index is 913. The SMILES string of the molecule is O=C([C@@H]1C[C@H](N2CCN(c3nccn3-c3ccccn3)CC2)CN1)N1CCC(F)(F)C1. The summed E-state index contributed by atoms with van der Waals surface area (Å²) in [5, 5.41) is 3.26. The summed E-state index contributed by atoms with van der Waals surface area (Å²) in [5.41, 5.74) is 0. The fourth-order valence-electron chi connectivity index (χ4n) is 4.82. The van der Waals surface area contributed by atoms with E-state index in [0.29, 0.717) is 13.0 Å². The number of carbonyl (C=O) groups excluding carboxylic acids is 1. The van der Waals surface area contributed by atoms with Gasteiger partial charge in [-0.2, -0.15) is 0 Å². The number of halogens is 2. The number of nitrogens with zero attached hydrogens (tertiary/aromatic N) is 6. The molecule has 0 aliphatic carbocycles. The maximum absolute atomic E-state index is 13.5. The summed E-state index contributed by atoms with van der Waals surface area (Å²) in [6.45, 7) is 3.80. The van der Waals surface area contributed by atoms with Crippen LogP contribution in [0.1, 0.15) is 12.8 Å². The van der Waals surface area contributed by atoms with Crippen LogP contribution in [0.2, 0.25) is 0 Å². The zero-order valence-corrected chi connectivity index (χ0v) is 17.3. The number of amides is 1. The van der Waals surface area contributed by atoms with Crippen LogP contribution in [-0.2, 0) is 4.79 Å². The van der Waals surface area contributed by atoms with E-state index in [1.807, 2.05) is 29.0 Å². The molecule has 5 rings (SSSR count). The van der Waals surface area contributed by atoms with E-state index in [1.165, 1.54) is 4.90 Å². The number of imidazole rings is 1. The zero-order chi connectivity index (χ0) is 21.4. The van der Waals surface area contributed by atoms with Crippen molar-refractivity contribution in [3.63, 3.8) is 0 Å². The van der Waals surface area contributed by atoms with E-state index in [-0.39, 0.29) is 31.0 Å². The van der Waals surface area contributed by atoms with Crippen molar-refractivity contribution < 1.29 is 13.6 Å². The number of aromatic nitrogens is 3. The highest BCUT2D eigenvalue weighted by molar-refractivity contribution is 5.82. The number of hydrogen-bond acceptors (Lipinski definition) is 6. The summed E-state index contributed by atoms with van der Waals surface area (Å²) in [7, 11) is 0. The van der Waals surface area contributed by atoms with Crippen LogP contribution in [0, 0.1) is 0 Å². The van der Waals surface area contributed by atoms with Gasteiger partial charge in [-0.05, 0) is 18.6 Å². The van der Waals surface area contributed by atoms with Gasteiger partial charge in [-0.3, -0.25) is 14.3 Å². The number of alkyl halides is 2. The van der Waals surface area contributed by atoms with Crippen LogP contribution >= 0.6 is 0 Å². The lowest BCUT2D eigenvalue weighted by molar-refractivity contribution is -0.133. The Balaban J connectivity index is 1.16. The molecule has 2 atom stereocenters. The molecule has 0 unspecified atom stereocenters. The second kappa shape index (κ2) is 8.16. The van der Waals surface area contributed by atoms with Crippen molar-refractivity contribution in [1.82, 2.24) is 29.7 Å². The van der Waals surface area contributed by atoms with Crippen LogP contribution in [-0.4, -0.2) is 94.1 Å². The van der Waals surface area contributed by atoms with E-state index in [1.54, 1.807) is 12.4 Å². The second-order valence-electron chi connectivity index (χ2n) is 8.52. The molecule has 8 nitrogen and oxygen atoms in total. The minimum atomic E-state index is -2.75. The lowest BCUT2D eigenvalue weighted by Gasteiger charge is -2.38. The lowest BCUT2D eigenvalue weighted by atomic mass is 10.1. The fourth-order valence-corrected chi connectivity index (χ4v) is 4.82. The maximum Gasteiger partial charge on any atom is 0.267 e. The van der Waals surface area contributed by atoms with Crippen LogP contribution in [0.4, 0.5) is 14.7 Å². The Morgan fingerprint density at radius 1 is 1.10 bits per heavy atom. The molecule has 3 aliphatic rings. The number of nitrogens with one attached hydrogen (secondary N) is 1. The molecule has 0 aromatic carbocycles. The van der Waals surface area contributed by atoms with E-state index >= 15 is 0 Å². The third kappa shape index (κ3) is 4.14. The van der Waals surface area contributed by atoms with Crippen molar-refractivity contribution in [3.8, 4) is 5.82 Å². The molecule has 0 radical (unpaired) electrons. The van der Waals surface area contributed by atoms with Crippen molar-refractivity contribution in [3.05, 3.63) is 36.8 Å². The second-order valence-corrected chi connectivity index (χ2v) is 8.52. The number of hydrogen-bond donors (Lipinski definition) is 1. The van der Waals surface area contributed by atoms with Crippen molar-refractivity contribution in [2.75, 3.05) is 50.7 Å². The molecular formula is C21H27F2N7O. The van der Waals surface area contributed by atoms with Gasteiger partial charge in [0.1, 0.15) is 5.82 Å². The number of pyridine rings is 1. The van der Waals surface area contributed by atoms with Crippen LogP contribution in [0.25, 0.3) is 5.82 Å². The van der Waals surface area contributed by atoms with E-state index in [4.69, 9.17) is 0 Å². The van der Waals surface area contributed by atoms with Gasteiger partial charge < -0.3 is 15.1 Å². The summed E-state index contributed by atoms with van der Waals surface area (Å²) in [4.78, 5) is 27.5. The van der Waals surface area contributed by atoms with E-state index in [9.17, 15) is 13.6 Å². The predicted molar refractivity (Wildman–Crippen MR) is 111 cm³/mol. The largest absolute Gasteiger partial charge is 0.339 e. The van der Waals surface area contributed by atoms with Crippen molar-refractivity contribution in [2.24, 2.45) is 0 Å². The first kappa shape index (κ1) is 20.3. The third-order valence-corrected chi connectivity index (χ3v) is 6.52. The summed E-state index contributed by atoms with van der Waals surface area (Å²) >= 11 is 0. The van der Waals surface area contributed by atoms with Crippen LogP contribution < -0.4 is 10.2 Å². The number of carbonyl (C=O) groups is 1. The minimum Gasteiger partial charge on any atom is -0.339 e. The van der Waals surface area contributed by atoms with Crippen molar-refractivity contribution in [1.29, 1.82) is 0 Å². The van der Waals surface area contributed by atoms with E-state index in [2.05, 4.69) is 25.1 Å². The Morgan fingerprint density at radius 3 is 2.65 bits per heavy atom. The molecule has 1 N–H and O–H groups in total. The van der Waals surface area contributed by atoms with Crippen LogP contribution in [0.5, 0.6) is 0 Å². The Morgan fingerprint density at radius 2 is 1.94 bits per heavy atom. The quantitative estimate of drug-likeness (QED) is 0.779. The molecule has 0 bridgehead atoms. The number of rotatable bonds is 4. The molecule has 166 valence electrons. The number of anilines is 1. The first-order chi connectivity index (χ1) is 15.0. The first-order valence-corrected chi connectivity index (χ1v) is 10.8. The molecule has 2 aromatic heterocycles. The molecule has 1 amide bonds. The van der Waals surface area contributed by atoms with Crippen LogP contribution in [0.3, 0.4) is 0 Å². The Kier molecular flexibility index (Phi) is 5.35. The molecule has 31 heavy (non-hydrogen) atoms. The topological polar surface area (TPSA) is 69.5 Å². The summed E-state index contributed by atoms with van der Waals surface area (Å²) in [6, 6.07) is 5.69. The van der Waals surface area contributed by atoms with Crippen molar-refractivity contribution in [2.45, 2.75) is 30.8 Å². The molecule has 3 fully saturated rings. The Hall–Kier alpha value is -2.59. The molecule has 10 heteroatoms. The van der Waals surface area contributed by atoms with Gasteiger partial charge in [0, 0.05) is 70.3 Å². The van der Waals surface area contributed by atoms with Gasteiger partial charge in [0.2, 0.25) is 11.9 Å². The summed E-state index contributed by atoms with van der Waals surface area (Å²) in [5.74, 6) is -1.21. The Labute approximate surface area is 179 Å². The van der Waals surface area contributed by atoms with Gasteiger partial charge in [-0.15, -0.1) is 0 Å². The van der Waals surface area contributed by atoms with Gasteiger partial charge in [-0.25, -0.2) is 18.7 Å². The minimum absolute atomic E-state index is 0.149. The smallest absolute Gasteiger partial charge is 0.267 e. The average Bonchev–Trinajstić information content (AvgIpc) is 3.53. The van der Waals surface area contributed by atoms with E-state index < -0.39 is 12.5 Å². The third-order valence-electron chi connectivity index (χ3n) is 6.52. The molecule has 3 saturated heterocycles. The number of likely N-dealkylation sites (tertiary alicyclic amines) is 1. The molecule has 0 saturated carbocycles. The van der Waals surface area contributed by atoms with Gasteiger partial charge >= 0.3 is 0 Å². The van der Waals surface area contributed by atoms with Gasteiger partial charge in [-0.1, -0.05) is 6.07 Å². The zero-order valence-electron chi connectivity index (χ0n) is 17.3. The first-order valence-electron chi connectivity index (χ1n) is 10.8. The molecule has 0 spiro atoms. The monoisotopic (exact) mass is 431 g/mol. The molecule has 5 heterocycles. The predicted octanol–water partition coefficient (Wildman–Crippen LogP) is 0.987. The highest BCUT2D eigenvalue weighted by atomic mass is 19.3. The highest BCUT2D eigenvalue weighted by Gasteiger charge is 2.43. The van der Waals surface area contributed by atoms with Gasteiger partial charge in [0.15, 0.2) is 0 Å². The molecule has 3 aliphatic heterocycles. The van der Waals surface area contributed by atoms with Crippen molar-refractivity contribution >= 4 is 11.9 Å². The van der Waals surface area contributed by atoms with E-state index in [0.717, 1.165) is 37.9 Å². The van der Waals surface area contributed by atoms with Crippen LogP contribution in [0.15, 0.2) is 36.8 Å². The summed E-state index contributed by atoms with van der Waals surface area (Å²) in [6.07, 6.45) is 5.91. The number of piperazine rings is 1. The average molecular weight is 431 g/mol. The fraction of sp³-hybridized carbons (Fsp3) is 0.571. The standard InChI is InChI=1S/C21H27F2N7O/c22-21(23)4-7-29(15-21)19(31)17-13-16(14-26-17)27-9-11-28(12-10-27)20-25-6-8-30(20)18-3-1-2-5-24-18/h1-3,5-6,8,16-17,26H,4,7,9-15H2/t16-,17-/m0/s1. The summed E-state index contributed by atoms with van der Waals surface area (Å²) < 4.78 is 28.9. The van der Waals surface area contributed by atoms with Gasteiger partial charge in [0.05, 0.1) is 12.6 Å². The highest BCUT2D eigenvalue weighted by Crippen LogP contribution is 2.28. The lowest BCUT2D eigenvalue weighted by Crippen LogP contribution is -2.51. The maximum atomic E-state index is 13.5. The molecule has 2 aromatic rings.